The summed E-state index contributed by atoms with van der Waals surface area (Å²) in [6.45, 7) is 13.8. The maximum Gasteiger partial charge on any atom is -0.00992 e. The van der Waals surface area contributed by atoms with Crippen molar-refractivity contribution in [3.8, 4) is 33.4 Å². The Hall–Kier alpha value is -3.12. The van der Waals surface area contributed by atoms with Gasteiger partial charge in [0.05, 0.1) is 0 Å². The molecule has 0 heterocycles. The van der Waals surface area contributed by atoms with Crippen LogP contribution in [-0.4, -0.2) is 0 Å². The summed E-state index contributed by atoms with van der Waals surface area (Å²) in [6, 6.07) is 35.5. The monoisotopic (exact) mass is 418 g/mol. The highest BCUT2D eigenvalue weighted by Crippen LogP contribution is 2.39. The minimum Gasteiger partial charge on any atom is -0.0622 e. The Kier molecular flexibility index (Phi) is 5.82. The van der Waals surface area contributed by atoms with Gasteiger partial charge < -0.3 is 0 Å². The van der Waals surface area contributed by atoms with Crippen molar-refractivity contribution in [2.24, 2.45) is 0 Å². The van der Waals surface area contributed by atoms with E-state index < -0.39 is 0 Å². The van der Waals surface area contributed by atoms with E-state index in [-0.39, 0.29) is 10.8 Å². The molecule has 4 rings (SSSR count). The number of hydrogen-bond acceptors (Lipinski definition) is 0. The molecule has 4 aromatic rings. The summed E-state index contributed by atoms with van der Waals surface area (Å²) in [6.07, 6.45) is 0. The fraction of sp³-hybridized carbons (Fsp3) is 0.250. The summed E-state index contributed by atoms with van der Waals surface area (Å²) < 4.78 is 0. The molecule has 32 heavy (non-hydrogen) atoms. The van der Waals surface area contributed by atoms with Crippen LogP contribution in [0.25, 0.3) is 33.4 Å². The molecule has 0 aliphatic heterocycles. The average Bonchev–Trinajstić information content (AvgIpc) is 2.78. The van der Waals surface area contributed by atoms with E-state index in [9.17, 15) is 0 Å². The van der Waals surface area contributed by atoms with Crippen LogP contribution in [0, 0.1) is 0 Å². The second kappa shape index (κ2) is 8.43. The van der Waals surface area contributed by atoms with Gasteiger partial charge in [-0.05, 0) is 61.4 Å². The van der Waals surface area contributed by atoms with E-state index >= 15 is 0 Å². The molecule has 162 valence electrons. The van der Waals surface area contributed by atoms with Crippen molar-refractivity contribution in [2.75, 3.05) is 0 Å². The van der Waals surface area contributed by atoms with Gasteiger partial charge in [-0.25, -0.2) is 0 Å². The lowest BCUT2D eigenvalue weighted by Gasteiger charge is -2.27. The molecule has 0 aliphatic carbocycles. The molecule has 0 saturated carbocycles. The van der Waals surface area contributed by atoms with Gasteiger partial charge in [0, 0.05) is 0 Å². The zero-order valence-corrected chi connectivity index (χ0v) is 20.2. The maximum atomic E-state index is 2.39. The third-order valence-electron chi connectivity index (χ3n) is 6.19. The van der Waals surface area contributed by atoms with Crippen molar-refractivity contribution in [1.29, 1.82) is 0 Å². The molecule has 0 fully saturated rings. The Labute approximate surface area is 194 Å². The molecule has 0 aromatic heterocycles. The molecular formula is C32H34. The van der Waals surface area contributed by atoms with Gasteiger partial charge in [0.15, 0.2) is 0 Å². The molecule has 0 atom stereocenters. The molecule has 0 nitrogen and oxygen atoms in total. The molecule has 0 amide bonds. The van der Waals surface area contributed by atoms with Crippen LogP contribution in [0.2, 0.25) is 0 Å². The van der Waals surface area contributed by atoms with E-state index in [0.29, 0.717) is 0 Å². The summed E-state index contributed by atoms with van der Waals surface area (Å²) in [5, 5.41) is 0. The topological polar surface area (TPSA) is 0 Å². The summed E-state index contributed by atoms with van der Waals surface area (Å²) >= 11 is 0. The average molecular weight is 419 g/mol. The third kappa shape index (κ3) is 4.70. The van der Waals surface area contributed by atoms with Gasteiger partial charge in [0.2, 0.25) is 0 Å². The lowest BCUT2D eigenvalue weighted by Crippen LogP contribution is -2.16. The van der Waals surface area contributed by atoms with Crippen LogP contribution >= 0.6 is 0 Å². The van der Waals surface area contributed by atoms with Crippen molar-refractivity contribution in [1.82, 2.24) is 0 Å². The van der Waals surface area contributed by atoms with Crippen molar-refractivity contribution < 1.29 is 0 Å². The molecular weight excluding hydrogens is 384 g/mol. The minimum atomic E-state index is 0.0902. The van der Waals surface area contributed by atoms with E-state index in [2.05, 4.69) is 139 Å². The number of hydrogen-bond donors (Lipinski definition) is 0. The van der Waals surface area contributed by atoms with E-state index in [1.54, 1.807) is 0 Å². The van der Waals surface area contributed by atoms with E-state index in [1.165, 1.54) is 44.5 Å². The fourth-order valence-electron chi connectivity index (χ4n) is 4.11. The molecule has 0 N–H and O–H groups in total. The summed E-state index contributed by atoms with van der Waals surface area (Å²) in [7, 11) is 0. The Morgan fingerprint density at radius 2 is 0.875 bits per heavy atom. The molecule has 0 spiro atoms. The first-order valence-corrected chi connectivity index (χ1v) is 11.5. The van der Waals surface area contributed by atoms with Gasteiger partial charge in [-0.2, -0.15) is 0 Å². The fourth-order valence-corrected chi connectivity index (χ4v) is 4.11. The second-order valence-corrected chi connectivity index (χ2v) is 10.8. The standard InChI is InChI=1S/C32H34/c1-31(2,3)27-19-26(20-28(22-27)32(4,5)6)29-18-17-25(23-13-9-7-10-14-23)21-30(29)24-15-11-8-12-16-24/h7-22H,1-6H3. The first-order chi connectivity index (χ1) is 15.1. The van der Waals surface area contributed by atoms with Gasteiger partial charge in [-0.3, -0.25) is 0 Å². The first-order valence-electron chi connectivity index (χ1n) is 11.5. The highest BCUT2D eigenvalue weighted by atomic mass is 14.3. The van der Waals surface area contributed by atoms with Crippen molar-refractivity contribution in [3.63, 3.8) is 0 Å². The van der Waals surface area contributed by atoms with Gasteiger partial charge in [0.1, 0.15) is 0 Å². The predicted molar refractivity (Wildman–Crippen MR) is 140 cm³/mol. The highest BCUT2D eigenvalue weighted by molar-refractivity contribution is 5.87. The summed E-state index contributed by atoms with van der Waals surface area (Å²) in [4.78, 5) is 0. The predicted octanol–water partition coefficient (Wildman–Crippen LogP) is 9.28. The Balaban J connectivity index is 1.97. The smallest absolute Gasteiger partial charge is 0.00992 e. The van der Waals surface area contributed by atoms with Gasteiger partial charge in [-0.1, -0.05) is 133 Å². The van der Waals surface area contributed by atoms with E-state index in [4.69, 9.17) is 0 Å². The van der Waals surface area contributed by atoms with Crippen LogP contribution in [0.4, 0.5) is 0 Å². The Morgan fingerprint density at radius 1 is 0.375 bits per heavy atom. The Morgan fingerprint density at radius 3 is 1.38 bits per heavy atom. The third-order valence-corrected chi connectivity index (χ3v) is 6.19. The van der Waals surface area contributed by atoms with Gasteiger partial charge in [-0.15, -0.1) is 0 Å². The SMILES string of the molecule is CC(C)(C)c1cc(-c2ccc(-c3ccccc3)cc2-c2ccccc2)cc(C(C)(C)C)c1. The van der Waals surface area contributed by atoms with Crippen LogP contribution in [0.15, 0.2) is 97.1 Å². The van der Waals surface area contributed by atoms with Crippen LogP contribution in [-0.2, 0) is 10.8 Å². The lowest BCUT2D eigenvalue weighted by atomic mass is 9.78. The molecule has 0 heteroatoms. The molecule has 4 aromatic carbocycles. The van der Waals surface area contributed by atoms with Gasteiger partial charge in [0.25, 0.3) is 0 Å². The highest BCUT2D eigenvalue weighted by Gasteiger charge is 2.22. The van der Waals surface area contributed by atoms with Crippen molar-refractivity contribution >= 4 is 0 Å². The van der Waals surface area contributed by atoms with E-state index in [1.807, 2.05) is 0 Å². The zero-order valence-electron chi connectivity index (χ0n) is 20.2. The quantitative estimate of drug-likeness (QED) is 0.311. The molecule has 0 bridgehead atoms. The maximum absolute atomic E-state index is 2.39. The van der Waals surface area contributed by atoms with Crippen molar-refractivity contribution in [2.45, 2.75) is 52.4 Å². The van der Waals surface area contributed by atoms with Crippen LogP contribution in [0.1, 0.15) is 52.7 Å². The number of benzene rings is 4. The zero-order chi connectivity index (χ0) is 22.9. The molecule has 0 radical (unpaired) electrons. The molecule has 0 saturated heterocycles. The van der Waals surface area contributed by atoms with Crippen LogP contribution in [0.5, 0.6) is 0 Å². The van der Waals surface area contributed by atoms with Crippen LogP contribution in [0.3, 0.4) is 0 Å². The molecule has 0 aliphatic rings. The van der Waals surface area contributed by atoms with Crippen LogP contribution < -0.4 is 0 Å². The normalized spacial score (nSPS) is 12.1. The lowest BCUT2D eigenvalue weighted by molar-refractivity contribution is 0.569. The minimum absolute atomic E-state index is 0.0902. The first kappa shape index (κ1) is 22.1. The largest absolute Gasteiger partial charge is 0.0622 e. The van der Waals surface area contributed by atoms with Crippen molar-refractivity contribution in [3.05, 3.63) is 108 Å². The summed E-state index contributed by atoms with van der Waals surface area (Å²) in [5.41, 5.74) is 10.5. The summed E-state index contributed by atoms with van der Waals surface area (Å²) in [5.74, 6) is 0. The van der Waals surface area contributed by atoms with E-state index in [0.717, 1.165) is 0 Å². The number of rotatable bonds is 3. The van der Waals surface area contributed by atoms with Gasteiger partial charge >= 0.3 is 0 Å². The molecule has 0 unspecified atom stereocenters. The Bertz CT molecular complexity index is 1170. The second-order valence-electron chi connectivity index (χ2n) is 10.8.